The van der Waals surface area contributed by atoms with Crippen molar-refractivity contribution in [3.8, 4) is 0 Å². The Morgan fingerprint density at radius 2 is 1.81 bits per heavy atom. The predicted molar refractivity (Wildman–Crippen MR) is 115 cm³/mol. The molecule has 1 aromatic carbocycles. The van der Waals surface area contributed by atoms with E-state index in [1.807, 2.05) is 9.80 Å². The Bertz CT molecular complexity index is 853. The molecule has 2 unspecified atom stereocenters. The molecule has 168 valence electrons. The van der Waals surface area contributed by atoms with Crippen molar-refractivity contribution in [2.45, 2.75) is 50.5 Å². The van der Waals surface area contributed by atoms with Crippen LogP contribution < -0.4 is 5.32 Å². The Balaban J connectivity index is 1.11. The predicted octanol–water partition coefficient (Wildman–Crippen LogP) is 2.63. The molecule has 2 N–H and O–H groups in total. The number of anilines is 1. The smallest absolute Gasteiger partial charge is 0.238 e. The van der Waals surface area contributed by atoms with Crippen molar-refractivity contribution in [1.82, 2.24) is 9.80 Å². The lowest BCUT2D eigenvalue weighted by Crippen LogP contribution is -2.57. The number of hydrogen-bond donors (Lipinski definition) is 2. The second-order valence-corrected chi connectivity index (χ2v) is 10.6. The minimum atomic E-state index is -0.530. The maximum absolute atomic E-state index is 13.3. The quantitative estimate of drug-likeness (QED) is 0.755. The molecule has 1 aliphatic heterocycles. The highest BCUT2D eigenvalue weighted by atomic mass is 19.1. The summed E-state index contributed by atoms with van der Waals surface area (Å²) in [4.78, 5) is 29.3. The summed E-state index contributed by atoms with van der Waals surface area (Å²) in [6.07, 6.45) is 6.62. The third kappa shape index (κ3) is 4.48. The summed E-state index contributed by atoms with van der Waals surface area (Å²) < 4.78 is 13.3. The standard InChI is InChI=1S/C24H32FN3O3/c25-19-2-1-3-20(9-19)26-21(29)15-27-4-6-28(7-5-27)22(30)14-23-10-17-8-18(11-23)13-24(31,12-17)16-23/h1-3,9,17-18,31H,4-8,10-16H2,(H,26,29). The zero-order chi connectivity index (χ0) is 21.6. The molecule has 5 fully saturated rings. The molecule has 0 radical (unpaired) electrons. The molecule has 7 heteroatoms. The summed E-state index contributed by atoms with van der Waals surface area (Å²) in [5.41, 5.74) is -0.0771. The highest BCUT2D eigenvalue weighted by Gasteiger charge is 2.57. The molecule has 4 bridgehead atoms. The zero-order valence-electron chi connectivity index (χ0n) is 18.0. The van der Waals surface area contributed by atoms with Crippen molar-refractivity contribution in [1.29, 1.82) is 0 Å². The lowest BCUT2D eigenvalue weighted by molar-refractivity contribution is -0.172. The number of benzene rings is 1. The van der Waals surface area contributed by atoms with Gasteiger partial charge < -0.3 is 15.3 Å². The van der Waals surface area contributed by atoms with Crippen LogP contribution in [0.4, 0.5) is 10.1 Å². The minimum absolute atomic E-state index is 0.00209. The van der Waals surface area contributed by atoms with E-state index in [1.165, 1.54) is 18.6 Å². The van der Waals surface area contributed by atoms with Gasteiger partial charge in [-0.15, -0.1) is 0 Å². The number of rotatable bonds is 5. The van der Waals surface area contributed by atoms with Gasteiger partial charge in [-0.2, -0.15) is 0 Å². The van der Waals surface area contributed by atoms with Crippen molar-refractivity contribution in [3.05, 3.63) is 30.1 Å². The molecule has 4 saturated carbocycles. The molecule has 1 saturated heterocycles. The first-order valence-electron chi connectivity index (χ1n) is 11.6. The van der Waals surface area contributed by atoms with E-state index in [4.69, 9.17) is 0 Å². The fourth-order valence-corrected chi connectivity index (χ4v) is 7.17. The van der Waals surface area contributed by atoms with Crippen LogP contribution in [0.25, 0.3) is 0 Å². The Morgan fingerprint density at radius 1 is 1.10 bits per heavy atom. The molecule has 2 atom stereocenters. The molecular weight excluding hydrogens is 397 g/mol. The first-order chi connectivity index (χ1) is 14.8. The molecule has 1 aromatic rings. The van der Waals surface area contributed by atoms with E-state index in [1.54, 1.807) is 12.1 Å². The normalized spacial score (nSPS) is 34.7. The molecule has 31 heavy (non-hydrogen) atoms. The lowest BCUT2D eigenvalue weighted by Gasteiger charge is -2.60. The van der Waals surface area contributed by atoms with Crippen LogP contribution in [-0.2, 0) is 9.59 Å². The fraction of sp³-hybridized carbons (Fsp3) is 0.667. The van der Waals surface area contributed by atoms with Crippen LogP contribution in [0.2, 0.25) is 0 Å². The summed E-state index contributed by atoms with van der Waals surface area (Å²) in [5, 5.41) is 13.7. The third-order valence-electron chi connectivity index (χ3n) is 7.88. The van der Waals surface area contributed by atoms with E-state index in [9.17, 15) is 19.1 Å². The fourth-order valence-electron chi connectivity index (χ4n) is 7.17. The first kappa shape index (κ1) is 20.9. The maximum Gasteiger partial charge on any atom is 0.238 e. The van der Waals surface area contributed by atoms with Crippen LogP contribution in [0.15, 0.2) is 24.3 Å². The molecule has 0 spiro atoms. The van der Waals surface area contributed by atoms with Crippen molar-refractivity contribution >= 4 is 17.5 Å². The maximum atomic E-state index is 13.3. The minimum Gasteiger partial charge on any atom is -0.390 e. The number of nitrogens with one attached hydrogen (secondary N) is 1. The van der Waals surface area contributed by atoms with Gasteiger partial charge in [0.2, 0.25) is 11.8 Å². The largest absolute Gasteiger partial charge is 0.390 e. The Morgan fingerprint density at radius 3 is 2.45 bits per heavy atom. The van der Waals surface area contributed by atoms with Crippen molar-refractivity contribution in [3.63, 3.8) is 0 Å². The SMILES string of the molecule is O=C(CN1CCN(C(=O)CC23CC4CC(CC(O)(C4)C2)C3)CC1)Nc1cccc(F)c1. The van der Waals surface area contributed by atoms with Gasteiger partial charge in [0.25, 0.3) is 0 Å². The highest BCUT2D eigenvalue weighted by Crippen LogP contribution is 2.62. The number of hydrogen-bond acceptors (Lipinski definition) is 4. The summed E-state index contributed by atoms with van der Waals surface area (Å²) in [7, 11) is 0. The summed E-state index contributed by atoms with van der Waals surface area (Å²) in [6, 6.07) is 5.88. The summed E-state index contributed by atoms with van der Waals surface area (Å²) in [6.45, 7) is 2.80. The molecular formula is C24H32FN3O3. The van der Waals surface area contributed by atoms with Crippen LogP contribution in [0, 0.1) is 23.1 Å². The van der Waals surface area contributed by atoms with Gasteiger partial charge in [-0.1, -0.05) is 6.07 Å². The van der Waals surface area contributed by atoms with Gasteiger partial charge in [0.1, 0.15) is 5.82 Å². The van der Waals surface area contributed by atoms with E-state index < -0.39 is 5.60 Å². The number of aliphatic hydroxyl groups is 1. The van der Waals surface area contributed by atoms with Crippen molar-refractivity contribution in [2.75, 3.05) is 38.0 Å². The zero-order valence-corrected chi connectivity index (χ0v) is 18.0. The van der Waals surface area contributed by atoms with Crippen LogP contribution >= 0.6 is 0 Å². The molecule has 6 nitrogen and oxygen atoms in total. The summed E-state index contributed by atoms with van der Waals surface area (Å²) >= 11 is 0. The van der Waals surface area contributed by atoms with Gasteiger partial charge in [-0.05, 0) is 74.0 Å². The molecule has 6 rings (SSSR count). The highest BCUT2D eigenvalue weighted by molar-refractivity contribution is 5.92. The van der Waals surface area contributed by atoms with E-state index in [2.05, 4.69) is 5.32 Å². The number of carbonyl (C=O) groups is 2. The van der Waals surface area contributed by atoms with E-state index >= 15 is 0 Å². The van der Waals surface area contributed by atoms with Gasteiger partial charge in [0.05, 0.1) is 12.1 Å². The van der Waals surface area contributed by atoms with Gasteiger partial charge in [-0.25, -0.2) is 4.39 Å². The van der Waals surface area contributed by atoms with Crippen molar-refractivity contribution in [2.24, 2.45) is 17.3 Å². The monoisotopic (exact) mass is 429 g/mol. The number of halogens is 1. The van der Waals surface area contributed by atoms with E-state index in [0.717, 1.165) is 32.1 Å². The number of amides is 2. The van der Waals surface area contributed by atoms with Crippen LogP contribution in [0.3, 0.4) is 0 Å². The number of carbonyl (C=O) groups excluding carboxylic acids is 2. The number of nitrogens with zero attached hydrogens (tertiary/aromatic N) is 2. The number of piperazine rings is 1. The molecule has 5 aliphatic rings. The van der Waals surface area contributed by atoms with Gasteiger partial charge >= 0.3 is 0 Å². The van der Waals surface area contributed by atoms with Crippen LogP contribution in [-0.4, -0.2) is 65.0 Å². The average molecular weight is 430 g/mol. The van der Waals surface area contributed by atoms with Gasteiger partial charge in [0, 0.05) is 38.3 Å². The second-order valence-electron chi connectivity index (χ2n) is 10.6. The Hall–Kier alpha value is -1.99. The van der Waals surface area contributed by atoms with Crippen molar-refractivity contribution < 1.29 is 19.1 Å². The first-order valence-corrected chi connectivity index (χ1v) is 11.6. The van der Waals surface area contributed by atoms with E-state index in [0.29, 0.717) is 50.1 Å². The lowest BCUT2D eigenvalue weighted by atomic mass is 9.47. The molecule has 2 amide bonds. The van der Waals surface area contributed by atoms with Crippen LogP contribution in [0.5, 0.6) is 0 Å². The van der Waals surface area contributed by atoms with Gasteiger partial charge in [0.15, 0.2) is 0 Å². The topological polar surface area (TPSA) is 72.9 Å². The Labute approximate surface area is 182 Å². The van der Waals surface area contributed by atoms with Crippen LogP contribution in [0.1, 0.15) is 44.9 Å². The van der Waals surface area contributed by atoms with E-state index in [-0.39, 0.29) is 29.6 Å². The third-order valence-corrected chi connectivity index (χ3v) is 7.88. The Kier molecular flexibility index (Phi) is 5.29. The average Bonchev–Trinajstić information content (AvgIpc) is 2.66. The van der Waals surface area contributed by atoms with Gasteiger partial charge in [-0.3, -0.25) is 14.5 Å². The molecule has 4 aliphatic carbocycles. The molecule has 1 heterocycles. The molecule has 0 aromatic heterocycles. The summed E-state index contributed by atoms with van der Waals surface area (Å²) in [5.74, 6) is 0.831. The second kappa shape index (κ2) is 7.85.